The van der Waals surface area contributed by atoms with Crippen molar-refractivity contribution >= 4 is 22.7 Å². The molecule has 9 heteroatoms. The van der Waals surface area contributed by atoms with Crippen LogP contribution < -0.4 is 10.6 Å². The van der Waals surface area contributed by atoms with Crippen LogP contribution >= 0.6 is 0 Å². The van der Waals surface area contributed by atoms with Gasteiger partial charge in [0, 0.05) is 53.6 Å². The Bertz CT molecular complexity index is 1180. The van der Waals surface area contributed by atoms with Crippen LogP contribution in [0.15, 0.2) is 41.1 Å². The zero-order valence-electron chi connectivity index (χ0n) is 17.0. The smallest absolute Gasteiger partial charge is 0.313 e. The number of rotatable bonds is 4. The molecule has 30 heavy (non-hydrogen) atoms. The lowest BCUT2D eigenvalue weighted by Crippen LogP contribution is -2.45. The summed E-state index contributed by atoms with van der Waals surface area (Å²) in [5, 5.41) is 8.72. The molecule has 5 rings (SSSR count). The van der Waals surface area contributed by atoms with E-state index in [1.165, 1.54) is 6.42 Å². The van der Waals surface area contributed by atoms with Crippen LogP contribution in [0.1, 0.15) is 12.8 Å². The number of anilines is 2. The highest BCUT2D eigenvalue weighted by Gasteiger charge is 2.23. The maximum atomic E-state index is 5.57. The van der Waals surface area contributed by atoms with Crippen LogP contribution in [0.25, 0.3) is 33.7 Å². The van der Waals surface area contributed by atoms with Gasteiger partial charge in [-0.05, 0) is 51.2 Å². The van der Waals surface area contributed by atoms with E-state index in [2.05, 4.69) is 44.1 Å². The monoisotopic (exact) mass is 404 g/mol. The molecule has 0 radical (unpaired) electrons. The second-order valence-corrected chi connectivity index (χ2v) is 7.85. The van der Waals surface area contributed by atoms with Crippen LogP contribution in [-0.4, -0.2) is 63.3 Å². The number of hydrogen-bond donors (Lipinski definition) is 2. The van der Waals surface area contributed by atoms with Crippen LogP contribution in [0.5, 0.6) is 0 Å². The van der Waals surface area contributed by atoms with Gasteiger partial charge in [0.25, 0.3) is 0 Å². The molecule has 1 aliphatic rings. The highest BCUT2D eigenvalue weighted by molar-refractivity contribution is 5.96. The summed E-state index contributed by atoms with van der Waals surface area (Å²) in [6.07, 6.45) is 6.14. The zero-order chi connectivity index (χ0) is 20.7. The Kier molecular flexibility index (Phi) is 4.59. The van der Waals surface area contributed by atoms with E-state index in [4.69, 9.17) is 15.1 Å². The molecule has 0 saturated carbocycles. The summed E-state index contributed by atoms with van der Waals surface area (Å²) < 4.78 is 5.37. The van der Waals surface area contributed by atoms with Crippen molar-refractivity contribution in [3.05, 3.63) is 36.7 Å². The largest absolute Gasteiger partial charge is 0.404 e. The summed E-state index contributed by atoms with van der Waals surface area (Å²) in [4.78, 5) is 17.4. The topological polar surface area (TPSA) is 113 Å². The molecule has 1 saturated heterocycles. The summed E-state index contributed by atoms with van der Waals surface area (Å²) in [6, 6.07) is 8.46. The molecule has 1 atom stereocenters. The summed E-state index contributed by atoms with van der Waals surface area (Å²) >= 11 is 0. The zero-order valence-corrected chi connectivity index (χ0v) is 17.0. The van der Waals surface area contributed by atoms with E-state index in [0.29, 0.717) is 17.8 Å². The van der Waals surface area contributed by atoms with Crippen molar-refractivity contribution in [2.45, 2.75) is 18.9 Å². The van der Waals surface area contributed by atoms with Crippen LogP contribution in [-0.2, 0) is 0 Å². The lowest BCUT2D eigenvalue weighted by Gasteiger charge is -2.36. The first-order valence-corrected chi connectivity index (χ1v) is 10.0. The van der Waals surface area contributed by atoms with Gasteiger partial charge in [-0.1, -0.05) is 5.10 Å². The van der Waals surface area contributed by atoms with Gasteiger partial charge in [0.15, 0.2) is 5.82 Å². The first-order chi connectivity index (χ1) is 14.6. The molecule has 1 aliphatic heterocycles. The van der Waals surface area contributed by atoms with E-state index in [1.807, 2.05) is 36.7 Å². The number of hydrogen-bond acceptors (Lipinski definition) is 8. The predicted octanol–water partition coefficient (Wildman–Crippen LogP) is 2.79. The Morgan fingerprint density at radius 1 is 1.23 bits per heavy atom. The number of fused-ring (bicyclic) bond motifs is 1. The molecule has 0 amide bonds. The van der Waals surface area contributed by atoms with E-state index in [0.717, 1.165) is 47.4 Å². The number of piperidine rings is 1. The van der Waals surface area contributed by atoms with Crippen molar-refractivity contribution in [1.82, 2.24) is 30.0 Å². The fourth-order valence-electron chi connectivity index (χ4n) is 4.03. The molecular weight excluding hydrogens is 380 g/mol. The van der Waals surface area contributed by atoms with Crippen molar-refractivity contribution in [3.8, 4) is 22.8 Å². The summed E-state index contributed by atoms with van der Waals surface area (Å²) in [6.45, 7) is 1.98. The molecule has 4 heterocycles. The van der Waals surface area contributed by atoms with Gasteiger partial charge < -0.3 is 24.9 Å². The first kappa shape index (κ1) is 18.6. The molecule has 0 unspecified atom stereocenters. The second-order valence-electron chi connectivity index (χ2n) is 7.85. The Morgan fingerprint density at radius 3 is 2.93 bits per heavy atom. The molecule has 1 fully saturated rings. The Hall–Kier alpha value is -3.46. The molecule has 9 nitrogen and oxygen atoms in total. The summed E-state index contributed by atoms with van der Waals surface area (Å²) in [5.74, 6) is 2.04. The average Bonchev–Trinajstić information content (AvgIpc) is 3.39. The van der Waals surface area contributed by atoms with E-state index in [-0.39, 0.29) is 6.01 Å². The summed E-state index contributed by atoms with van der Waals surface area (Å²) in [5.41, 5.74) is 8.29. The average molecular weight is 404 g/mol. The van der Waals surface area contributed by atoms with Gasteiger partial charge in [-0.15, -0.1) is 5.10 Å². The van der Waals surface area contributed by atoms with Crippen molar-refractivity contribution < 1.29 is 4.42 Å². The molecular formula is C21H24N8O. The van der Waals surface area contributed by atoms with Crippen molar-refractivity contribution in [2.24, 2.45) is 0 Å². The third kappa shape index (κ3) is 3.37. The maximum Gasteiger partial charge on any atom is 0.313 e. The minimum absolute atomic E-state index is 0.0491. The molecule has 0 aliphatic carbocycles. The second kappa shape index (κ2) is 7.42. The minimum Gasteiger partial charge on any atom is -0.404 e. The quantitative estimate of drug-likeness (QED) is 0.534. The van der Waals surface area contributed by atoms with Crippen LogP contribution in [0.3, 0.4) is 0 Å². The fraction of sp³-hybridized carbons (Fsp3) is 0.333. The third-order valence-corrected chi connectivity index (χ3v) is 5.70. The van der Waals surface area contributed by atoms with E-state index in [9.17, 15) is 0 Å². The molecule has 3 N–H and O–H groups in total. The number of benzene rings is 1. The van der Waals surface area contributed by atoms with Gasteiger partial charge in [-0.2, -0.15) is 0 Å². The number of nitrogens with zero attached hydrogens (tertiary/aromatic N) is 6. The van der Waals surface area contributed by atoms with E-state index >= 15 is 0 Å². The number of nitrogens with two attached hydrogens (primary N) is 1. The van der Waals surface area contributed by atoms with E-state index in [1.54, 1.807) is 0 Å². The molecule has 4 aromatic rings. The molecule has 154 valence electrons. The Labute approximate surface area is 173 Å². The van der Waals surface area contributed by atoms with Crippen molar-refractivity contribution in [1.29, 1.82) is 0 Å². The molecule has 3 aromatic heterocycles. The highest BCUT2D eigenvalue weighted by atomic mass is 16.4. The standard InChI is InChI=1S/C21H24N8O/c1-28(2)14-4-3-9-29(12-14)18-7-8-23-19(25-18)16-11-24-17-6-5-13(10-15(16)17)20-26-27-21(22)30-20/h5-8,10-11,14,24H,3-4,9,12H2,1-2H3,(H2,22,27)/t14-/m1/s1. The highest BCUT2D eigenvalue weighted by Crippen LogP contribution is 2.31. The van der Waals surface area contributed by atoms with Gasteiger partial charge in [-0.3, -0.25) is 0 Å². The van der Waals surface area contributed by atoms with Gasteiger partial charge in [0.2, 0.25) is 5.89 Å². The Balaban J connectivity index is 1.50. The number of nitrogen functional groups attached to an aromatic ring is 1. The first-order valence-electron chi connectivity index (χ1n) is 10.0. The van der Waals surface area contributed by atoms with Crippen molar-refractivity contribution in [3.63, 3.8) is 0 Å². The summed E-state index contributed by atoms with van der Waals surface area (Å²) in [7, 11) is 4.28. The van der Waals surface area contributed by atoms with Gasteiger partial charge >= 0.3 is 6.01 Å². The number of aromatic nitrogens is 5. The fourth-order valence-corrected chi connectivity index (χ4v) is 4.03. The number of nitrogens with one attached hydrogen (secondary N) is 1. The van der Waals surface area contributed by atoms with Gasteiger partial charge in [0.1, 0.15) is 5.82 Å². The Morgan fingerprint density at radius 2 is 2.13 bits per heavy atom. The molecule has 0 spiro atoms. The molecule has 1 aromatic carbocycles. The van der Waals surface area contributed by atoms with Crippen LogP contribution in [0.4, 0.5) is 11.8 Å². The minimum atomic E-state index is 0.0491. The molecule has 0 bridgehead atoms. The number of aromatic amines is 1. The normalized spacial score (nSPS) is 17.2. The lowest BCUT2D eigenvalue weighted by molar-refractivity contribution is 0.257. The number of likely N-dealkylation sites (N-methyl/N-ethyl adjacent to an activating group) is 1. The van der Waals surface area contributed by atoms with E-state index < -0.39 is 0 Å². The predicted molar refractivity (Wildman–Crippen MR) is 116 cm³/mol. The van der Waals surface area contributed by atoms with Gasteiger partial charge in [0.05, 0.1) is 0 Å². The van der Waals surface area contributed by atoms with Crippen LogP contribution in [0.2, 0.25) is 0 Å². The van der Waals surface area contributed by atoms with Gasteiger partial charge in [-0.25, -0.2) is 9.97 Å². The maximum absolute atomic E-state index is 5.57. The SMILES string of the molecule is CN(C)[C@@H]1CCCN(c2ccnc(-c3c[nH]c4ccc(-c5nnc(N)o5)cc34)n2)C1. The number of H-pyrrole nitrogens is 1. The van der Waals surface area contributed by atoms with Crippen molar-refractivity contribution in [2.75, 3.05) is 37.8 Å². The lowest BCUT2D eigenvalue weighted by atomic mass is 10.0. The van der Waals surface area contributed by atoms with Crippen LogP contribution in [0, 0.1) is 0 Å². The third-order valence-electron chi connectivity index (χ3n) is 5.70.